The van der Waals surface area contributed by atoms with E-state index >= 15 is 0 Å². The van der Waals surface area contributed by atoms with Gasteiger partial charge in [-0.1, -0.05) is 46.6 Å². The average molecular weight is 507 g/mol. The molecule has 0 bridgehead atoms. The minimum Gasteiger partial charge on any atom is -0.421 e. The Morgan fingerprint density at radius 1 is 0.742 bits per heavy atom. The van der Waals surface area contributed by atoms with E-state index in [4.69, 9.17) is 0 Å². The smallest absolute Gasteiger partial charge is 0.421 e. The molecular formula is C17H32F6N2O4S2. The number of alkyl halides is 6. The largest absolute Gasteiger partial charge is 0.480 e. The van der Waals surface area contributed by atoms with Gasteiger partial charge in [-0.25, -0.2) is 16.8 Å². The summed E-state index contributed by atoms with van der Waals surface area (Å²) in [4.78, 5) is 0. The maximum atomic E-state index is 11.4. The molecule has 31 heavy (non-hydrogen) atoms. The molecule has 0 aliphatic rings. The molecule has 0 rings (SSSR count). The highest BCUT2D eigenvalue weighted by Crippen LogP contribution is 2.36. The predicted molar refractivity (Wildman–Crippen MR) is 108 cm³/mol. The maximum absolute atomic E-state index is 11.4. The van der Waals surface area contributed by atoms with Crippen LogP contribution in [0.1, 0.15) is 59.3 Å². The number of hydrogen-bond acceptors (Lipinski definition) is 4. The van der Waals surface area contributed by atoms with E-state index in [9.17, 15) is 43.2 Å². The summed E-state index contributed by atoms with van der Waals surface area (Å²) in [5.41, 5.74) is -12.4. The molecule has 0 aliphatic carbocycles. The van der Waals surface area contributed by atoms with E-state index in [0.29, 0.717) is 0 Å². The van der Waals surface area contributed by atoms with Crippen LogP contribution in [0.15, 0.2) is 12.7 Å². The van der Waals surface area contributed by atoms with Gasteiger partial charge in [0, 0.05) is 0 Å². The van der Waals surface area contributed by atoms with Gasteiger partial charge in [0.25, 0.3) is 0 Å². The van der Waals surface area contributed by atoms with Crippen molar-refractivity contribution in [2.24, 2.45) is 0 Å². The molecule has 0 unspecified atom stereocenters. The molecule has 0 spiro atoms. The molecule has 0 aromatic heterocycles. The molecule has 0 amide bonds. The van der Waals surface area contributed by atoms with Gasteiger partial charge in [0.2, 0.25) is 0 Å². The Labute approximate surface area is 181 Å². The van der Waals surface area contributed by atoms with Gasteiger partial charge in [-0.05, 0) is 25.3 Å². The van der Waals surface area contributed by atoms with Crippen LogP contribution in [0, 0.1) is 0 Å². The number of hydrogen-bond donors (Lipinski definition) is 0. The lowest BCUT2D eigenvalue weighted by Gasteiger charge is -2.38. The first kappa shape index (κ1) is 32.3. The van der Waals surface area contributed by atoms with Crippen molar-refractivity contribution >= 4 is 20.0 Å². The Kier molecular flexibility index (Phi) is 14.2. The summed E-state index contributed by atoms with van der Waals surface area (Å²) in [6, 6.07) is 0. The van der Waals surface area contributed by atoms with Crippen molar-refractivity contribution < 1.29 is 47.7 Å². The van der Waals surface area contributed by atoms with E-state index in [1.165, 1.54) is 69.2 Å². The fraction of sp³-hybridized carbons (Fsp3) is 0.882. The molecule has 0 aromatic rings. The van der Waals surface area contributed by atoms with Gasteiger partial charge < -0.3 is 8.61 Å². The van der Waals surface area contributed by atoms with Gasteiger partial charge in [-0.15, -0.1) is 0 Å². The summed E-state index contributed by atoms with van der Waals surface area (Å²) in [7, 11) is -13.4. The average Bonchev–Trinajstić information content (AvgIpc) is 2.61. The number of sulfonamides is 2. The molecule has 0 fully saturated rings. The summed E-state index contributed by atoms with van der Waals surface area (Å²) < 4.78 is 110. The van der Waals surface area contributed by atoms with Crippen LogP contribution in [-0.2, 0) is 20.0 Å². The van der Waals surface area contributed by atoms with Crippen LogP contribution in [0.4, 0.5) is 26.3 Å². The lowest BCUT2D eigenvalue weighted by molar-refractivity contribution is -0.923. The van der Waals surface area contributed by atoms with Gasteiger partial charge in [0.05, 0.1) is 26.2 Å². The SMILES string of the molecule is C=CC[N+](CCCC)(CCCC)CCCC.O=S(=O)([N-]S(=O)(=O)C(F)(F)F)C(F)(F)F. The molecule has 188 valence electrons. The monoisotopic (exact) mass is 506 g/mol. The molecule has 0 heterocycles. The Hall–Kier alpha value is -0.860. The van der Waals surface area contributed by atoms with Gasteiger partial charge in [0.15, 0.2) is 20.0 Å². The highest BCUT2D eigenvalue weighted by atomic mass is 32.3. The minimum absolute atomic E-state index is 0.778. The number of quaternary nitrogens is 1. The van der Waals surface area contributed by atoms with Crippen molar-refractivity contribution in [2.75, 3.05) is 26.2 Å². The lowest BCUT2D eigenvalue weighted by atomic mass is 10.1. The number of unbranched alkanes of at least 4 members (excludes halogenated alkanes) is 3. The fourth-order valence-electron chi connectivity index (χ4n) is 2.58. The third-order valence-electron chi connectivity index (χ3n) is 4.26. The second kappa shape index (κ2) is 13.6. The van der Waals surface area contributed by atoms with Crippen LogP contribution >= 0.6 is 0 Å². The van der Waals surface area contributed by atoms with E-state index in [1.54, 1.807) is 0 Å². The summed E-state index contributed by atoms with van der Waals surface area (Å²) in [5.74, 6) is 0. The van der Waals surface area contributed by atoms with Crippen LogP contribution in [-0.4, -0.2) is 58.5 Å². The topological polar surface area (TPSA) is 82.4 Å². The Balaban J connectivity index is 0. The zero-order valence-corrected chi connectivity index (χ0v) is 19.6. The number of halogens is 6. The van der Waals surface area contributed by atoms with Gasteiger partial charge >= 0.3 is 11.0 Å². The normalized spacial score (nSPS) is 13.5. The Morgan fingerprint density at radius 3 is 1.23 bits per heavy atom. The molecular weight excluding hydrogens is 474 g/mol. The van der Waals surface area contributed by atoms with Crippen molar-refractivity contribution in [3.05, 3.63) is 16.8 Å². The molecule has 0 N–H and O–H groups in total. The Morgan fingerprint density at radius 2 is 1.03 bits per heavy atom. The summed E-state index contributed by atoms with van der Waals surface area (Å²) in [6.07, 6.45) is 10.2. The molecule has 6 nitrogen and oxygen atoms in total. The molecule has 14 heteroatoms. The number of rotatable bonds is 13. The third kappa shape index (κ3) is 12.1. The van der Waals surface area contributed by atoms with Crippen molar-refractivity contribution in [2.45, 2.75) is 70.3 Å². The van der Waals surface area contributed by atoms with E-state index in [2.05, 4.69) is 33.4 Å². The van der Waals surface area contributed by atoms with Crippen molar-refractivity contribution in [3.8, 4) is 0 Å². The third-order valence-corrected chi connectivity index (χ3v) is 7.00. The lowest BCUT2D eigenvalue weighted by Crippen LogP contribution is -2.50. The first-order valence-electron chi connectivity index (χ1n) is 9.78. The van der Waals surface area contributed by atoms with Crippen molar-refractivity contribution in [1.29, 1.82) is 0 Å². The standard InChI is InChI=1S/C15H32N.C2F6NO4S2/c1-5-9-13-16(12-8-4,14-10-6-2)15-11-7-3;3-1(4,5)14(10,11)9-15(12,13)2(6,7)8/h8H,4-7,9-15H2,1-3H3;/q+1;-1. The molecule has 0 saturated heterocycles. The quantitative estimate of drug-likeness (QED) is 0.189. The van der Waals surface area contributed by atoms with Gasteiger partial charge in [-0.3, -0.25) is 0 Å². The molecule has 0 aliphatic heterocycles. The van der Waals surface area contributed by atoms with E-state index < -0.39 is 31.1 Å². The van der Waals surface area contributed by atoms with Gasteiger partial charge in [0.1, 0.15) is 0 Å². The van der Waals surface area contributed by atoms with Crippen LogP contribution < -0.4 is 0 Å². The van der Waals surface area contributed by atoms with Crippen molar-refractivity contribution in [3.63, 3.8) is 0 Å². The van der Waals surface area contributed by atoms with Crippen molar-refractivity contribution in [1.82, 2.24) is 0 Å². The van der Waals surface area contributed by atoms with Crippen LogP contribution in [0.25, 0.3) is 4.13 Å². The first-order chi connectivity index (χ1) is 13.9. The second-order valence-corrected chi connectivity index (χ2v) is 10.4. The van der Waals surface area contributed by atoms with Crippen LogP contribution in [0.5, 0.6) is 0 Å². The van der Waals surface area contributed by atoms with E-state index in [1.807, 2.05) is 0 Å². The van der Waals surface area contributed by atoms with Crippen LogP contribution in [0.2, 0.25) is 0 Å². The Bertz CT molecular complexity index is 656. The van der Waals surface area contributed by atoms with E-state index in [0.717, 1.165) is 4.13 Å². The second-order valence-electron chi connectivity index (χ2n) is 6.96. The zero-order valence-electron chi connectivity index (χ0n) is 18.0. The minimum atomic E-state index is -6.72. The highest BCUT2D eigenvalue weighted by Gasteiger charge is 2.46. The molecule has 0 radical (unpaired) electrons. The molecule has 0 atom stereocenters. The maximum Gasteiger partial charge on any atom is 0.480 e. The molecule has 0 saturated carbocycles. The summed E-state index contributed by atoms with van der Waals surface area (Å²) in [5, 5.41) is 0. The highest BCUT2D eigenvalue weighted by molar-refractivity contribution is 8.13. The van der Waals surface area contributed by atoms with Gasteiger partial charge in [-0.2, -0.15) is 26.3 Å². The fourth-order valence-corrected chi connectivity index (χ4v) is 4.29. The zero-order chi connectivity index (χ0) is 25.0. The van der Waals surface area contributed by atoms with Crippen LogP contribution in [0.3, 0.4) is 0 Å². The summed E-state index contributed by atoms with van der Waals surface area (Å²) >= 11 is 0. The first-order valence-corrected chi connectivity index (χ1v) is 12.7. The predicted octanol–water partition coefficient (Wildman–Crippen LogP) is 5.45. The number of nitrogens with zero attached hydrogens (tertiary/aromatic N) is 2. The molecule has 0 aromatic carbocycles. The summed E-state index contributed by atoms with van der Waals surface area (Å²) in [6.45, 7) is 16.1. The van der Waals surface area contributed by atoms with E-state index in [-0.39, 0.29) is 0 Å².